The summed E-state index contributed by atoms with van der Waals surface area (Å²) in [5.74, 6) is 1.12. The molecule has 1 aliphatic heterocycles. The first-order valence-corrected chi connectivity index (χ1v) is 13.5. The Kier molecular flexibility index (Phi) is 7.59. The number of likely N-dealkylation sites (tertiary alicyclic amines) is 1. The zero-order valence-corrected chi connectivity index (χ0v) is 23.2. The summed E-state index contributed by atoms with van der Waals surface area (Å²) in [5.41, 5.74) is 6.82. The third kappa shape index (κ3) is 5.55. The van der Waals surface area contributed by atoms with Gasteiger partial charge in [0.05, 0.1) is 11.7 Å². The second kappa shape index (κ2) is 11.3. The third-order valence-electron chi connectivity index (χ3n) is 7.06. The summed E-state index contributed by atoms with van der Waals surface area (Å²) >= 11 is 0. The number of benzene rings is 2. The van der Waals surface area contributed by atoms with Crippen molar-refractivity contribution in [2.45, 2.75) is 38.8 Å². The highest BCUT2D eigenvalue weighted by Gasteiger charge is 2.33. The molecule has 2 aromatic carbocycles. The lowest BCUT2D eigenvalue weighted by molar-refractivity contribution is -0.125. The van der Waals surface area contributed by atoms with Crippen LogP contribution in [0.4, 0.5) is 5.82 Å². The Bertz CT molecular complexity index is 1700. The summed E-state index contributed by atoms with van der Waals surface area (Å²) in [6.07, 6.45) is 3.50. The number of imidazole rings is 1. The van der Waals surface area contributed by atoms with Gasteiger partial charge in [-0.05, 0) is 69.3 Å². The van der Waals surface area contributed by atoms with Crippen LogP contribution in [0.25, 0.3) is 16.9 Å². The van der Waals surface area contributed by atoms with E-state index < -0.39 is 5.54 Å². The molecule has 1 amide bonds. The number of rotatable bonds is 8. The Morgan fingerprint density at radius 3 is 2.56 bits per heavy atom. The fourth-order valence-corrected chi connectivity index (χ4v) is 5.24. The fraction of sp³-hybridized carbons (Fsp3) is 0.300. The Labute approximate surface area is 237 Å². The number of nitrogens with zero attached hydrogens (tertiary/aromatic N) is 6. The number of amides is 1. The molecule has 1 unspecified atom stereocenters. The number of para-hydroxylation sites is 1. The second-order valence-corrected chi connectivity index (χ2v) is 10.4. The smallest absolute Gasteiger partial charge is 0.335 e. The van der Waals surface area contributed by atoms with Crippen molar-refractivity contribution in [3.05, 3.63) is 83.1 Å². The minimum Gasteiger partial charge on any atom is -0.457 e. The number of hydrogen-bond donors (Lipinski definition) is 2. The molecule has 0 radical (unpaired) electrons. The number of nitrogen functional groups attached to an aromatic ring is 1. The van der Waals surface area contributed by atoms with Crippen LogP contribution in [-0.4, -0.2) is 55.1 Å². The number of anilines is 1. The van der Waals surface area contributed by atoms with Gasteiger partial charge >= 0.3 is 5.69 Å². The summed E-state index contributed by atoms with van der Waals surface area (Å²) in [6.45, 7) is 7.13. The molecular weight excluding hydrogens is 520 g/mol. The molecule has 11 nitrogen and oxygen atoms in total. The topological polar surface area (TPSA) is 144 Å². The molecule has 1 atom stereocenters. The minimum atomic E-state index is -0.519. The second-order valence-electron chi connectivity index (χ2n) is 10.4. The predicted octanol–water partition coefficient (Wildman–Crippen LogP) is 3.57. The van der Waals surface area contributed by atoms with Gasteiger partial charge in [0.25, 0.3) is 5.91 Å². The molecule has 41 heavy (non-hydrogen) atoms. The van der Waals surface area contributed by atoms with E-state index in [4.69, 9.17) is 10.5 Å². The van der Waals surface area contributed by atoms with Gasteiger partial charge in [0.2, 0.25) is 0 Å². The number of nitriles is 1. The van der Waals surface area contributed by atoms with E-state index in [-0.39, 0.29) is 35.6 Å². The van der Waals surface area contributed by atoms with Gasteiger partial charge in [-0.1, -0.05) is 25.1 Å². The molecule has 5 rings (SSSR count). The molecule has 0 saturated carbocycles. The number of fused-ring (bicyclic) bond motifs is 1. The molecule has 0 bridgehead atoms. The number of aromatic nitrogens is 4. The monoisotopic (exact) mass is 552 g/mol. The lowest BCUT2D eigenvalue weighted by Crippen LogP contribution is -2.39. The van der Waals surface area contributed by atoms with E-state index in [1.54, 1.807) is 39.8 Å². The van der Waals surface area contributed by atoms with E-state index in [1.807, 2.05) is 51.1 Å². The van der Waals surface area contributed by atoms with E-state index in [0.717, 1.165) is 0 Å². The number of ether oxygens (including phenoxy) is 1. The van der Waals surface area contributed by atoms with Gasteiger partial charge in [0, 0.05) is 18.6 Å². The van der Waals surface area contributed by atoms with Crippen LogP contribution in [-0.2, 0) is 4.79 Å². The summed E-state index contributed by atoms with van der Waals surface area (Å²) in [7, 11) is 0. The molecule has 3 heterocycles. The van der Waals surface area contributed by atoms with E-state index in [1.165, 1.54) is 10.9 Å². The largest absolute Gasteiger partial charge is 0.457 e. The summed E-state index contributed by atoms with van der Waals surface area (Å²) in [6, 6.07) is 18.2. The first-order valence-electron chi connectivity index (χ1n) is 13.5. The lowest BCUT2D eigenvalue weighted by Gasteiger charge is -2.23. The molecule has 1 saturated heterocycles. The van der Waals surface area contributed by atoms with Gasteiger partial charge < -0.3 is 20.7 Å². The quantitative estimate of drug-likeness (QED) is 0.249. The van der Waals surface area contributed by atoms with Gasteiger partial charge in [-0.15, -0.1) is 0 Å². The maximum atomic E-state index is 13.9. The van der Waals surface area contributed by atoms with Crippen LogP contribution in [0.3, 0.4) is 0 Å². The number of carbonyl (C=O) groups excluding carboxylic acids is 1. The van der Waals surface area contributed by atoms with Crippen LogP contribution >= 0.6 is 0 Å². The van der Waals surface area contributed by atoms with E-state index in [2.05, 4.69) is 21.4 Å². The number of carbonyl (C=O) groups is 1. The molecule has 3 N–H and O–H groups in total. The van der Waals surface area contributed by atoms with Crippen molar-refractivity contribution >= 4 is 22.9 Å². The van der Waals surface area contributed by atoms with E-state index in [9.17, 15) is 14.9 Å². The van der Waals surface area contributed by atoms with Crippen LogP contribution in [0.2, 0.25) is 0 Å². The standard InChI is InChI=1S/C30H32N8O3/c1-4-35-30(2,3)16-20(17-31)28(39)36-15-14-22(18-36)38-27-25(26(32)33-19-34-27)37(29(38)40)21-10-12-24(13-11-21)41-23-8-6-5-7-9-23/h5-13,16,19,22,35H,4,14-15,18H2,1-3H3,(H2,32,33,34). The third-order valence-corrected chi connectivity index (χ3v) is 7.06. The number of hydrogen-bond acceptors (Lipinski definition) is 8. The van der Waals surface area contributed by atoms with Gasteiger partial charge in [0.15, 0.2) is 11.5 Å². The first kappa shape index (κ1) is 27.6. The SMILES string of the molecule is CCNC(C)(C)C=C(C#N)C(=O)N1CCC(n2c(=O)n(-c3ccc(Oc4ccccc4)cc3)c3c(N)ncnc32)C1. The highest BCUT2D eigenvalue weighted by atomic mass is 16.5. The normalized spacial score (nSPS) is 15.7. The van der Waals surface area contributed by atoms with Crippen molar-refractivity contribution in [3.63, 3.8) is 0 Å². The van der Waals surface area contributed by atoms with E-state index >= 15 is 0 Å². The summed E-state index contributed by atoms with van der Waals surface area (Å²) < 4.78 is 8.96. The Morgan fingerprint density at radius 1 is 1.17 bits per heavy atom. The van der Waals surface area contributed by atoms with Crippen molar-refractivity contribution in [1.29, 1.82) is 5.26 Å². The Balaban J connectivity index is 1.46. The van der Waals surface area contributed by atoms with Crippen LogP contribution in [0.15, 0.2) is 77.4 Å². The molecule has 4 aromatic rings. The number of nitrogens with one attached hydrogen (secondary N) is 1. The molecule has 2 aromatic heterocycles. The van der Waals surface area contributed by atoms with Crippen LogP contribution in [0, 0.1) is 11.3 Å². The van der Waals surface area contributed by atoms with Gasteiger partial charge in [-0.25, -0.2) is 14.8 Å². The van der Waals surface area contributed by atoms with Crippen molar-refractivity contribution in [2.75, 3.05) is 25.4 Å². The van der Waals surface area contributed by atoms with Crippen LogP contribution in [0.1, 0.15) is 33.2 Å². The van der Waals surface area contributed by atoms with Crippen molar-refractivity contribution in [3.8, 4) is 23.3 Å². The van der Waals surface area contributed by atoms with Crippen molar-refractivity contribution in [1.82, 2.24) is 29.3 Å². The molecule has 1 aliphatic rings. The zero-order chi connectivity index (χ0) is 29.1. The van der Waals surface area contributed by atoms with Gasteiger partial charge in [-0.3, -0.25) is 13.9 Å². The average molecular weight is 553 g/mol. The molecule has 1 fully saturated rings. The maximum Gasteiger partial charge on any atom is 0.335 e. The Hall–Kier alpha value is -4.95. The van der Waals surface area contributed by atoms with Crippen LogP contribution in [0.5, 0.6) is 11.5 Å². The molecule has 0 aliphatic carbocycles. The fourth-order valence-electron chi connectivity index (χ4n) is 5.24. The molecule has 11 heteroatoms. The highest BCUT2D eigenvalue weighted by molar-refractivity contribution is 5.97. The molecular formula is C30H32N8O3. The zero-order valence-electron chi connectivity index (χ0n) is 23.2. The van der Waals surface area contributed by atoms with Crippen molar-refractivity contribution in [2.24, 2.45) is 0 Å². The maximum absolute atomic E-state index is 13.9. The predicted molar refractivity (Wildman–Crippen MR) is 156 cm³/mol. The average Bonchev–Trinajstić information content (AvgIpc) is 3.55. The van der Waals surface area contributed by atoms with Gasteiger partial charge in [-0.2, -0.15) is 5.26 Å². The van der Waals surface area contributed by atoms with Crippen LogP contribution < -0.4 is 21.5 Å². The van der Waals surface area contributed by atoms with E-state index in [0.29, 0.717) is 47.9 Å². The Morgan fingerprint density at radius 2 is 1.88 bits per heavy atom. The van der Waals surface area contributed by atoms with Crippen molar-refractivity contribution < 1.29 is 9.53 Å². The summed E-state index contributed by atoms with van der Waals surface area (Å²) in [4.78, 5) is 37.4. The minimum absolute atomic E-state index is 0.0655. The molecule has 0 spiro atoms. The lowest BCUT2D eigenvalue weighted by atomic mass is 10.0. The highest BCUT2D eigenvalue weighted by Crippen LogP contribution is 2.29. The first-order chi connectivity index (χ1) is 19.7. The molecule has 210 valence electrons. The summed E-state index contributed by atoms with van der Waals surface area (Å²) in [5, 5.41) is 13.0. The number of nitrogens with two attached hydrogens (primary N) is 1. The van der Waals surface area contributed by atoms with Gasteiger partial charge in [0.1, 0.15) is 35.0 Å². The number of likely N-dealkylation sites (N-methyl/N-ethyl adjacent to an activating group) is 1.